The van der Waals surface area contributed by atoms with Gasteiger partial charge in [0.05, 0.1) is 5.69 Å². The summed E-state index contributed by atoms with van der Waals surface area (Å²) in [6.45, 7) is 9.65. The summed E-state index contributed by atoms with van der Waals surface area (Å²) in [6, 6.07) is 72.1. The Morgan fingerprint density at radius 2 is 0.958 bits per heavy atom. The molecule has 0 fully saturated rings. The molecule has 0 aromatic heterocycles. The number of hydrogen-bond donors (Lipinski definition) is 0. The summed E-state index contributed by atoms with van der Waals surface area (Å²) >= 11 is 0. The molecule has 72 heavy (non-hydrogen) atoms. The predicted molar refractivity (Wildman–Crippen MR) is 308 cm³/mol. The molecule has 0 aliphatic heterocycles. The second kappa shape index (κ2) is 17.3. The molecule has 0 heterocycles. The van der Waals surface area contributed by atoms with Crippen molar-refractivity contribution in [2.75, 3.05) is 9.80 Å². The number of allylic oxidation sites excluding steroid dienone is 8. The van der Waals surface area contributed by atoms with Crippen molar-refractivity contribution < 1.29 is 0 Å². The molecule has 4 aliphatic carbocycles. The summed E-state index contributed by atoms with van der Waals surface area (Å²) in [6.07, 6.45) is 18.4. The molecule has 13 rings (SSSR count). The van der Waals surface area contributed by atoms with Gasteiger partial charge in [0.15, 0.2) is 0 Å². The number of benzene rings is 9. The van der Waals surface area contributed by atoms with Gasteiger partial charge in [0, 0.05) is 44.7 Å². The zero-order chi connectivity index (χ0) is 48.6. The zero-order valence-electron chi connectivity index (χ0n) is 41.7. The van der Waals surface area contributed by atoms with Crippen LogP contribution in [0.4, 0.5) is 34.1 Å². The predicted octanol–water partition coefficient (Wildman–Crippen LogP) is 19.6. The first kappa shape index (κ1) is 43.8. The second-order valence-corrected chi connectivity index (χ2v) is 21.2. The van der Waals surface area contributed by atoms with E-state index < -0.39 is 0 Å². The lowest BCUT2D eigenvalue weighted by atomic mass is 9.78. The van der Waals surface area contributed by atoms with E-state index in [9.17, 15) is 0 Å². The lowest BCUT2D eigenvalue weighted by molar-refractivity contribution is 0.607. The molecule has 348 valence electrons. The highest BCUT2D eigenvalue weighted by molar-refractivity contribution is 6.00. The van der Waals surface area contributed by atoms with Gasteiger partial charge in [-0.05, 0) is 170 Å². The maximum Gasteiger partial charge on any atom is 0.0540 e. The summed E-state index contributed by atoms with van der Waals surface area (Å²) in [5, 5.41) is 4.91. The Bertz CT molecular complexity index is 3770. The maximum atomic E-state index is 2.49. The van der Waals surface area contributed by atoms with Crippen molar-refractivity contribution in [1.29, 1.82) is 0 Å². The second-order valence-electron chi connectivity index (χ2n) is 21.2. The number of hydrogen-bond acceptors (Lipinski definition) is 2. The minimum absolute atomic E-state index is 0.0123. The number of nitrogens with zero attached hydrogens (tertiary/aromatic N) is 2. The van der Waals surface area contributed by atoms with Gasteiger partial charge in [-0.25, -0.2) is 0 Å². The highest BCUT2D eigenvalue weighted by Gasteiger charge is 2.39. The summed E-state index contributed by atoms with van der Waals surface area (Å²) in [5.74, 6) is 0. The number of anilines is 6. The maximum absolute atomic E-state index is 2.49. The smallest absolute Gasteiger partial charge is 0.0540 e. The third kappa shape index (κ3) is 7.39. The van der Waals surface area contributed by atoms with Crippen molar-refractivity contribution in [3.8, 4) is 11.1 Å². The Kier molecular flexibility index (Phi) is 10.5. The van der Waals surface area contributed by atoms with Gasteiger partial charge in [-0.15, -0.1) is 0 Å². The standard InChI is InChI=1S/C70H58N2/c1-69(2)64-21-11-9-19-60(64)62-42-40-57(45-66(62)69)71(58-41-43-63-61-20-10-12-22-65(61)70(3,4)67(63)46-58)54-37-32-51(33-38-54)50-30-26-47(27-31-50)24-25-48-28-35-55(36-29-48)72(56-39-34-49-14-5-6-16-53(49)44-56)68-23-13-17-52-15-7-8-18-59(52)68/h5-9,12-19,22-46H,10-11,20-21H2,1-4H3/b25-24+. The quantitative estimate of drug-likeness (QED) is 0.133. The number of rotatable bonds is 9. The fourth-order valence-electron chi connectivity index (χ4n) is 12.4. The third-order valence-corrected chi connectivity index (χ3v) is 16.2. The topological polar surface area (TPSA) is 6.48 Å². The molecule has 0 radical (unpaired) electrons. The lowest BCUT2D eigenvalue weighted by Gasteiger charge is -2.30. The fourth-order valence-corrected chi connectivity index (χ4v) is 12.4. The molecule has 2 nitrogen and oxygen atoms in total. The van der Waals surface area contributed by atoms with Gasteiger partial charge in [0.2, 0.25) is 0 Å². The monoisotopic (exact) mass is 926 g/mol. The van der Waals surface area contributed by atoms with E-state index in [0.29, 0.717) is 0 Å². The third-order valence-electron chi connectivity index (χ3n) is 16.2. The molecule has 9 aromatic carbocycles. The largest absolute Gasteiger partial charge is 0.310 e. The molecule has 0 spiro atoms. The van der Waals surface area contributed by atoms with Crippen LogP contribution in [0.1, 0.15) is 86.8 Å². The molecule has 0 saturated heterocycles. The first-order chi connectivity index (χ1) is 35.2. The molecule has 2 heteroatoms. The lowest BCUT2D eigenvalue weighted by Crippen LogP contribution is -2.19. The van der Waals surface area contributed by atoms with Crippen LogP contribution < -0.4 is 9.80 Å². The molecule has 0 saturated carbocycles. The van der Waals surface area contributed by atoms with Crippen LogP contribution in [-0.4, -0.2) is 0 Å². The minimum Gasteiger partial charge on any atom is -0.310 e. The summed E-state index contributed by atoms with van der Waals surface area (Å²) < 4.78 is 0. The first-order valence-corrected chi connectivity index (χ1v) is 25.8. The van der Waals surface area contributed by atoms with Crippen molar-refractivity contribution in [3.05, 3.63) is 263 Å². The van der Waals surface area contributed by atoms with E-state index in [0.717, 1.165) is 59.6 Å². The van der Waals surface area contributed by atoms with Crippen molar-refractivity contribution in [1.82, 2.24) is 0 Å². The van der Waals surface area contributed by atoms with E-state index in [1.807, 2.05) is 0 Å². The molecule has 9 aromatic rings. The van der Waals surface area contributed by atoms with Gasteiger partial charge in [-0.3, -0.25) is 0 Å². The van der Waals surface area contributed by atoms with Gasteiger partial charge in [0.25, 0.3) is 0 Å². The van der Waals surface area contributed by atoms with Crippen molar-refractivity contribution in [2.24, 2.45) is 0 Å². The van der Waals surface area contributed by atoms with Gasteiger partial charge < -0.3 is 9.80 Å². The Morgan fingerprint density at radius 1 is 0.417 bits per heavy atom. The van der Waals surface area contributed by atoms with E-state index >= 15 is 0 Å². The Labute approximate surface area is 424 Å². The van der Waals surface area contributed by atoms with Crippen molar-refractivity contribution in [2.45, 2.75) is 64.2 Å². The van der Waals surface area contributed by atoms with Crippen LogP contribution in [-0.2, 0) is 10.8 Å². The Hall–Kier alpha value is -8.20. The minimum atomic E-state index is -0.0478. The van der Waals surface area contributed by atoms with Gasteiger partial charge in [0.1, 0.15) is 0 Å². The first-order valence-electron chi connectivity index (χ1n) is 25.8. The average molecular weight is 927 g/mol. The van der Waals surface area contributed by atoms with Crippen molar-refractivity contribution in [3.63, 3.8) is 0 Å². The van der Waals surface area contributed by atoms with E-state index in [2.05, 4.69) is 268 Å². The van der Waals surface area contributed by atoms with E-state index in [-0.39, 0.29) is 10.8 Å². The fraction of sp³-hybridized carbons (Fsp3) is 0.143. The normalized spacial score (nSPS) is 16.1. The molecular weight excluding hydrogens is 869 g/mol. The summed E-state index contributed by atoms with van der Waals surface area (Å²) in [5.41, 5.74) is 23.3. The van der Waals surface area contributed by atoms with Gasteiger partial charge in [-0.1, -0.05) is 197 Å². The van der Waals surface area contributed by atoms with Crippen LogP contribution in [0, 0.1) is 0 Å². The summed E-state index contributed by atoms with van der Waals surface area (Å²) in [4.78, 5) is 4.87. The van der Waals surface area contributed by atoms with Gasteiger partial charge in [-0.2, -0.15) is 0 Å². The zero-order valence-corrected chi connectivity index (χ0v) is 41.7. The molecule has 0 unspecified atom stereocenters. The molecule has 4 aliphatic rings. The molecular formula is C70H58N2. The highest BCUT2D eigenvalue weighted by atomic mass is 15.1. The van der Waals surface area contributed by atoms with Crippen LogP contribution in [0.15, 0.2) is 230 Å². The Balaban J connectivity index is 0.782. The van der Waals surface area contributed by atoms with Crippen LogP contribution in [0.5, 0.6) is 0 Å². The van der Waals surface area contributed by atoms with Crippen LogP contribution in [0.2, 0.25) is 0 Å². The van der Waals surface area contributed by atoms with Crippen molar-refractivity contribution >= 4 is 79.0 Å². The van der Waals surface area contributed by atoms with Crippen LogP contribution in [0.25, 0.3) is 56.0 Å². The summed E-state index contributed by atoms with van der Waals surface area (Å²) in [7, 11) is 0. The van der Waals surface area contributed by atoms with E-state index in [1.54, 1.807) is 5.57 Å². The van der Waals surface area contributed by atoms with Crippen LogP contribution in [0.3, 0.4) is 0 Å². The SMILES string of the molecule is CC1(C)C2=C(CCC=C2)c2ccc(N(c3ccc(-c4ccc(/C=C/c5ccc(N(c6ccc7ccccc7c6)c6cccc7ccccc67)cc5)cc4)cc3)c3ccc4c(c3)C(C)(C)C3=C4C=CCC3)cc21. The average Bonchev–Trinajstić information content (AvgIpc) is 3.80. The highest BCUT2D eigenvalue weighted by Crippen LogP contribution is 2.54. The molecule has 0 N–H and O–H groups in total. The van der Waals surface area contributed by atoms with E-state index in [1.165, 1.54) is 83.0 Å². The Morgan fingerprint density at radius 3 is 1.71 bits per heavy atom. The molecule has 0 bridgehead atoms. The van der Waals surface area contributed by atoms with E-state index in [4.69, 9.17) is 0 Å². The molecule has 0 amide bonds. The molecule has 0 atom stereocenters. The number of fused-ring (bicyclic) bond motifs is 6. The van der Waals surface area contributed by atoms with Gasteiger partial charge >= 0.3 is 0 Å². The van der Waals surface area contributed by atoms with Crippen LogP contribution >= 0.6 is 0 Å².